The fourth-order valence-corrected chi connectivity index (χ4v) is 2.93. The minimum Gasteiger partial charge on any atom is -0.469 e. The minimum atomic E-state index is -0.281. The summed E-state index contributed by atoms with van der Waals surface area (Å²) in [5.41, 5.74) is 7.29. The molecule has 0 atom stereocenters. The lowest BCUT2D eigenvalue weighted by Gasteiger charge is -2.34. The van der Waals surface area contributed by atoms with Gasteiger partial charge in [0, 0.05) is 43.2 Å². The summed E-state index contributed by atoms with van der Waals surface area (Å²) in [6.45, 7) is 1.74. The zero-order chi connectivity index (χ0) is 18.2. The van der Waals surface area contributed by atoms with Gasteiger partial charge in [0.25, 0.3) is 0 Å². The molecule has 136 valence electrons. The smallest absolute Gasteiger partial charge is 0.305 e. The maximum atomic E-state index is 11.9. The SMILES string of the molecule is COC(=O)CCCC(=O)NC1CCN(c2ccc(C(=N)N)cc2)CC1. The number of hydrogen-bond donors (Lipinski definition) is 3. The standard InChI is InChI=1S/C18H26N4O3/c1-25-17(24)4-2-3-16(23)21-14-9-11-22(12-10-14)15-7-5-13(6-8-15)18(19)20/h5-8,14H,2-4,9-12H2,1H3,(H3,19,20)(H,21,23). The first-order valence-corrected chi connectivity index (χ1v) is 8.55. The number of esters is 1. The minimum absolute atomic E-state index is 0.00633. The number of nitrogens with one attached hydrogen (secondary N) is 2. The first kappa shape index (κ1) is 18.8. The molecule has 1 aliphatic heterocycles. The van der Waals surface area contributed by atoms with Crippen molar-refractivity contribution in [2.75, 3.05) is 25.1 Å². The predicted octanol–water partition coefficient (Wildman–Crippen LogP) is 1.40. The number of benzene rings is 1. The van der Waals surface area contributed by atoms with Gasteiger partial charge in [0.15, 0.2) is 0 Å². The number of nitrogens with two attached hydrogens (primary N) is 1. The number of piperidine rings is 1. The number of carbonyl (C=O) groups excluding carboxylic acids is 2. The average molecular weight is 346 g/mol. The molecule has 1 fully saturated rings. The van der Waals surface area contributed by atoms with Gasteiger partial charge in [-0.1, -0.05) is 0 Å². The second kappa shape index (κ2) is 9.05. The molecule has 0 saturated carbocycles. The number of carbonyl (C=O) groups is 2. The Balaban J connectivity index is 1.73. The normalized spacial score (nSPS) is 14.8. The summed E-state index contributed by atoms with van der Waals surface area (Å²) in [5.74, 6) is -0.217. The Morgan fingerprint density at radius 1 is 1.24 bits per heavy atom. The molecule has 7 heteroatoms. The first-order chi connectivity index (χ1) is 12.0. The second-order valence-electron chi connectivity index (χ2n) is 6.22. The molecular weight excluding hydrogens is 320 g/mol. The molecule has 1 aliphatic rings. The third-order valence-corrected chi connectivity index (χ3v) is 4.42. The number of amidine groups is 1. The molecule has 2 rings (SSSR count). The Labute approximate surface area is 148 Å². The summed E-state index contributed by atoms with van der Waals surface area (Å²) in [7, 11) is 1.35. The van der Waals surface area contributed by atoms with Crippen molar-refractivity contribution < 1.29 is 14.3 Å². The largest absolute Gasteiger partial charge is 0.469 e. The summed E-state index contributed by atoms with van der Waals surface area (Å²) < 4.78 is 4.56. The van der Waals surface area contributed by atoms with Crippen molar-refractivity contribution in [3.8, 4) is 0 Å². The molecule has 7 nitrogen and oxygen atoms in total. The zero-order valence-corrected chi connectivity index (χ0v) is 14.6. The van der Waals surface area contributed by atoms with E-state index in [9.17, 15) is 9.59 Å². The van der Waals surface area contributed by atoms with E-state index in [1.807, 2.05) is 24.3 Å². The molecule has 0 aliphatic carbocycles. The molecule has 1 heterocycles. The molecule has 0 aromatic heterocycles. The van der Waals surface area contributed by atoms with Crippen molar-refractivity contribution in [1.82, 2.24) is 5.32 Å². The summed E-state index contributed by atoms with van der Waals surface area (Å²) in [6, 6.07) is 7.84. The summed E-state index contributed by atoms with van der Waals surface area (Å²) in [5, 5.41) is 10.5. The second-order valence-corrected chi connectivity index (χ2v) is 6.22. The Bertz CT molecular complexity index is 607. The van der Waals surface area contributed by atoms with Crippen LogP contribution in [-0.4, -0.2) is 44.0 Å². The van der Waals surface area contributed by atoms with Gasteiger partial charge in [-0.25, -0.2) is 0 Å². The van der Waals surface area contributed by atoms with E-state index in [1.165, 1.54) is 7.11 Å². The van der Waals surface area contributed by atoms with E-state index in [-0.39, 0.29) is 30.2 Å². The molecule has 1 aromatic rings. The Kier molecular flexibility index (Phi) is 6.80. The van der Waals surface area contributed by atoms with Crippen molar-refractivity contribution >= 4 is 23.4 Å². The van der Waals surface area contributed by atoms with Crippen molar-refractivity contribution in [1.29, 1.82) is 5.41 Å². The Morgan fingerprint density at radius 3 is 2.44 bits per heavy atom. The highest BCUT2D eigenvalue weighted by Crippen LogP contribution is 2.20. The maximum absolute atomic E-state index is 11.9. The van der Waals surface area contributed by atoms with Gasteiger partial charge in [0.2, 0.25) is 5.91 Å². The molecular formula is C18H26N4O3. The van der Waals surface area contributed by atoms with Crippen LogP contribution >= 0.6 is 0 Å². The van der Waals surface area contributed by atoms with E-state index in [0.29, 0.717) is 12.8 Å². The molecule has 1 amide bonds. The molecule has 1 saturated heterocycles. The lowest BCUT2D eigenvalue weighted by atomic mass is 10.0. The van der Waals surface area contributed by atoms with Gasteiger partial charge in [-0.05, 0) is 43.5 Å². The molecule has 1 aromatic carbocycles. The maximum Gasteiger partial charge on any atom is 0.305 e. The van der Waals surface area contributed by atoms with E-state index in [4.69, 9.17) is 11.1 Å². The number of amides is 1. The summed E-state index contributed by atoms with van der Waals surface area (Å²) >= 11 is 0. The van der Waals surface area contributed by atoms with Gasteiger partial charge in [0.05, 0.1) is 7.11 Å². The van der Waals surface area contributed by atoms with Gasteiger partial charge in [-0.15, -0.1) is 0 Å². The molecule has 25 heavy (non-hydrogen) atoms. The van der Waals surface area contributed by atoms with Crippen LogP contribution in [0.15, 0.2) is 24.3 Å². The van der Waals surface area contributed by atoms with Gasteiger partial charge < -0.3 is 20.7 Å². The third-order valence-electron chi connectivity index (χ3n) is 4.42. The monoisotopic (exact) mass is 346 g/mol. The van der Waals surface area contributed by atoms with E-state index in [2.05, 4.69) is 15.0 Å². The topological polar surface area (TPSA) is 109 Å². The third kappa shape index (κ3) is 5.77. The van der Waals surface area contributed by atoms with Crippen LogP contribution < -0.4 is 16.0 Å². The van der Waals surface area contributed by atoms with Gasteiger partial charge in [-0.2, -0.15) is 0 Å². The highest BCUT2D eigenvalue weighted by molar-refractivity contribution is 5.95. The van der Waals surface area contributed by atoms with Crippen molar-refractivity contribution in [3.63, 3.8) is 0 Å². The zero-order valence-electron chi connectivity index (χ0n) is 14.6. The highest BCUT2D eigenvalue weighted by atomic mass is 16.5. The number of nitrogen functional groups attached to an aromatic ring is 1. The van der Waals surface area contributed by atoms with Crippen LogP contribution in [0.3, 0.4) is 0 Å². The Hall–Kier alpha value is -2.57. The van der Waals surface area contributed by atoms with Gasteiger partial charge >= 0.3 is 5.97 Å². The summed E-state index contributed by atoms with van der Waals surface area (Å²) in [6.07, 6.45) is 2.91. The van der Waals surface area contributed by atoms with Crippen LogP contribution in [0, 0.1) is 5.41 Å². The lowest BCUT2D eigenvalue weighted by Crippen LogP contribution is -2.44. The summed E-state index contributed by atoms with van der Waals surface area (Å²) in [4.78, 5) is 25.2. The number of nitrogens with zero attached hydrogens (tertiary/aromatic N) is 1. The number of ether oxygens (including phenoxy) is 1. The van der Waals surface area contributed by atoms with Crippen molar-refractivity contribution in [2.24, 2.45) is 5.73 Å². The fraction of sp³-hybridized carbons (Fsp3) is 0.500. The van der Waals surface area contributed by atoms with Gasteiger partial charge in [0.1, 0.15) is 5.84 Å². The van der Waals surface area contributed by atoms with Gasteiger partial charge in [-0.3, -0.25) is 15.0 Å². The van der Waals surface area contributed by atoms with E-state index in [1.54, 1.807) is 0 Å². The number of anilines is 1. The molecule has 4 N–H and O–H groups in total. The predicted molar refractivity (Wildman–Crippen MR) is 96.7 cm³/mol. The van der Waals surface area contributed by atoms with E-state index < -0.39 is 0 Å². The van der Waals surface area contributed by atoms with Crippen LogP contribution in [0.25, 0.3) is 0 Å². The van der Waals surface area contributed by atoms with Crippen LogP contribution in [0.2, 0.25) is 0 Å². The van der Waals surface area contributed by atoms with Crippen molar-refractivity contribution in [3.05, 3.63) is 29.8 Å². The molecule has 0 bridgehead atoms. The number of methoxy groups -OCH3 is 1. The average Bonchev–Trinajstić information content (AvgIpc) is 2.62. The van der Waals surface area contributed by atoms with Crippen LogP contribution in [0.4, 0.5) is 5.69 Å². The van der Waals surface area contributed by atoms with Crippen LogP contribution in [-0.2, 0) is 14.3 Å². The van der Waals surface area contributed by atoms with Crippen LogP contribution in [0.5, 0.6) is 0 Å². The van der Waals surface area contributed by atoms with E-state index >= 15 is 0 Å². The quantitative estimate of drug-likeness (QED) is 0.393. The molecule has 0 spiro atoms. The number of rotatable bonds is 7. The van der Waals surface area contributed by atoms with Crippen LogP contribution in [0.1, 0.15) is 37.7 Å². The number of hydrogen-bond acceptors (Lipinski definition) is 5. The molecule has 0 unspecified atom stereocenters. The lowest BCUT2D eigenvalue weighted by molar-refractivity contribution is -0.140. The first-order valence-electron chi connectivity index (χ1n) is 8.55. The Morgan fingerprint density at radius 2 is 1.88 bits per heavy atom. The molecule has 0 radical (unpaired) electrons. The van der Waals surface area contributed by atoms with Crippen molar-refractivity contribution in [2.45, 2.75) is 38.1 Å². The van der Waals surface area contributed by atoms with E-state index in [0.717, 1.165) is 37.2 Å². The highest BCUT2D eigenvalue weighted by Gasteiger charge is 2.21. The fourth-order valence-electron chi connectivity index (χ4n) is 2.93.